The number of nitrogens with one attached hydrogen (secondary N) is 1. The van der Waals surface area contributed by atoms with Crippen molar-refractivity contribution in [1.82, 2.24) is 30.2 Å². The largest absolute Gasteiger partial charge is 0.507 e. The number of phenols is 1. The summed E-state index contributed by atoms with van der Waals surface area (Å²) in [5.74, 6) is 1.90. The van der Waals surface area contributed by atoms with E-state index in [1.54, 1.807) is 28.9 Å². The normalized spacial score (nSPS) is 21.8. The van der Waals surface area contributed by atoms with Crippen LogP contribution in [0.5, 0.6) is 11.5 Å². The fourth-order valence-corrected chi connectivity index (χ4v) is 7.91. The van der Waals surface area contributed by atoms with Gasteiger partial charge in [0, 0.05) is 49.6 Å². The fourth-order valence-electron chi connectivity index (χ4n) is 7.91. The minimum atomic E-state index is -0.343. The maximum absolute atomic E-state index is 12.7. The Balaban J connectivity index is 0.879. The van der Waals surface area contributed by atoms with Gasteiger partial charge in [-0.25, -0.2) is 4.68 Å². The number of carbonyl (C=O) groups is 2. The molecule has 2 atom stereocenters. The van der Waals surface area contributed by atoms with Crippen LogP contribution in [0.25, 0.3) is 16.9 Å². The number of aromatic nitrogens is 4. The van der Waals surface area contributed by atoms with Crippen molar-refractivity contribution in [2.45, 2.75) is 44.1 Å². The minimum absolute atomic E-state index is 0.132. The fraction of sp³-hybridized carbons (Fsp3) is 0.417. The molecule has 3 fully saturated rings. The first-order chi connectivity index (χ1) is 23.9. The summed E-state index contributed by atoms with van der Waals surface area (Å²) in [7, 11) is 0. The van der Waals surface area contributed by atoms with Crippen LogP contribution in [0, 0.1) is 5.92 Å². The number of para-hydroxylation sites is 2. The predicted molar refractivity (Wildman–Crippen MR) is 185 cm³/mol. The van der Waals surface area contributed by atoms with Crippen molar-refractivity contribution < 1.29 is 19.4 Å². The molecule has 2 aromatic carbocycles. The molecule has 3 saturated heterocycles. The number of imide groups is 1. The van der Waals surface area contributed by atoms with Gasteiger partial charge in [-0.1, -0.05) is 24.3 Å². The van der Waals surface area contributed by atoms with E-state index in [2.05, 4.69) is 47.4 Å². The van der Waals surface area contributed by atoms with Crippen LogP contribution in [0.3, 0.4) is 0 Å². The molecule has 0 bridgehead atoms. The van der Waals surface area contributed by atoms with Gasteiger partial charge in [-0.3, -0.25) is 14.9 Å². The number of nitrogens with two attached hydrogens (primary N) is 1. The minimum Gasteiger partial charge on any atom is -0.507 e. The molecule has 4 aliphatic rings. The predicted octanol–water partition coefficient (Wildman–Crippen LogP) is 3.33. The van der Waals surface area contributed by atoms with Gasteiger partial charge in [0.2, 0.25) is 11.8 Å². The first-order valence-electron chi connectivity index (χ1n) is 17.2. The van der Waals surface area contributed by atoms with E-state index in [-0.39, 0.29) is 29.4 Å². The third-order valence-corrected chi connectivity index (χ3v) is 10.5. The maximum atomic E-state index is 12.7. The smallest absolute Gasteiger partial charge is 0.249 e. The molecule has 13 nitrogen and oxygen atoms in total. The Morgan fingerprint density at radius 3 is 2.65 bits per heavy atom. The molecular formula is C36H41N9O4. The number of benzene rings is 2. The number of likely N-dealkylation sites (tertiary alicyclic amines) is 1. The van der Waals surface area contributed by atoms with Crippen molar-refractivity contribution in [2.75, 3.05) is 61.4 Å². The van der Waals surface area contributed by atoms with Gasteiger partial charge in [-0.2, -0.15) is 5.10 Å². The van der Waals surface area contributed by atoms with Gasteiger partial charge < -0.3 is 30.3 Å². The standard InChI is InChI=1S/C36H41N9O4/c37-35-31(18-28(40-41-35)27-4-1-2-7-32(27)46)45-22-25(19-38-45)43-14-10-23(11-15-43)20-42-13-12-24(21-42)26-5-3-6-29-34(26)49-17-16-44(29)30-8-9-33(47)39-36(30)48/h1-7,18-19,22-24,30,46H,8-17,20-21H2,(H2,37,41)(H,39,47,48)/t24-,30?/m1/s1. The highest BCUT2D eigenvalue weighted by atomic mass is 16.5. The third-order valence-electron chi connectivity index (χ3n) is 10.5. The van der Waals surface area contributed by atoms with E-state index in [9.17, 15) is 14.7 Å². The highest BCUT2D eigenvalue weighted by Crippen LogP contribution is 2.43. The van der Waals surface area contributed by atoms with E-state index in [1.165, 1.54) is 5.56 Å². The van der Waals surface area contributed by atoms with Crippen LogP contribution >= 0.6 is 0 Å². The summed E-state index contributed by atoms with van der Waals surface area (Å²) in [6, 6.07) is 14.8. The molecule has 0 radical (unpaired) electrons. The van der Waals surface area contributed by atoms with Crippen LogP contribution < -0.4 is 25.6 Å². The number of piperidine rings is 2. The molecule has 0 aliphatic carbocycles. The lowest BCUT2D eigenvalue weighted by Crippen LogP contribution is -2.54. The molecule has 6 heterocycles. The number of nitrogen functional groups attached to an aromatic ring is 1. The van der Waals surface area contributed by atoms with Crippen molar-refractivity contribution in [3.63, 3.8) is 0 Å². The van der Waals surface area contributed by atoms with E-state index in [0.717, 1.165) is 69.1 Å². The zero-order chi connectivity index (χ0) is 33.5. The Kier molecular flexibility index (Phi) is 8.28. The molecular weight excluding hydrogens is 622 g/mol. The number of phenolic OH excluding ortho intramolecular Hbond substituents is 1. The van der Waals surface area contributed by atoms with Gasteiger partial charge in [0.05, 0.1) is 36.0 Å². The molecule has 254 valence electrons. The Hall–Kier alpha value is -5.17. The molecule has 8 rings (SSSR count). The number of ether oxygens (including phenoxy) is 1. The highest BCUT2D eigenvalue weighted by molar-refractivity contribution is 6.02. The molecule has 0 spiro atoms. The van der Waals surface area contributed by atoms with Crippen LogP contribution in [-0.4, -0.2) is 93.7 Å². The molecule has 4 N–H and O–H groups in total. The average molecular weight is 664 g/mol. The van der Waals surface area contributed by atoms with Gasteiger partial charge in [0.15, 0.2) is 5.82 Å². The van der Waals surface area contributed by atoms with E-state index in [0.29, 0.717) is 54.8 Å². The zero-order valence-electron chi connectivity index (χ0n) is 27.4. The number of anilines is 3. The number of carbonyl (C=O) groups excluding carboxylic acids is 2. The van der Waals surface area contributed by atoms with Crippen molar-refractivity contribution in [2.24, 2.45) is 5.92 Å². The van der Waals surface area contributed by atoms with E-state index in [4.69, 9.17) is 10.5 Å². The summed E-state index contributed by atoms with van der Waals surface area (Å²) < 4.78 is 7.99. The lowest BCUT2D eigenvalue weighted by molar-refractivity contribution is -0.134. The number of nitrogens with zero attached hydrogens (tertiary/aromatic N) is 7. The summed E-state index contributed by atoms with van der Waals surface area (Å²) in [6.45, 7) is 6.21. The van der Waals surface area contributed by atoms with Crippen LogP contribution in [0.2, 0.25) is 0 Å². The quantitative estimate of drug-likeness (QED) is 0.250. The number of hydrogen-bond donors (Lipinski definition) is 3. The monoisotopic (exact) mass is 663 g/mol. The summed E-state index contributed by atoms with van der Waals surface area (Å²) in [6.07, 6.45) is 8.04. The van der Waals surface area contributed by atoms with Crippen molar-refractivity contribution in [1.29, 1.82) is 0 Å². The molecule has 4 aliphatic heterocycles. The van der Waals surface area contributed by atoms with Crippen molar-refractivity contribution >= 4 is 29.0 Å². The number of hydrogen-bond acceptors (Lipinski definition) is 11. The zero-order valence-corrected chi connectivity index (χ0v) is 27.4. The first kappa shape index (κ1) is 31.1. The number of rotatable bonds is 7. The Bertz CT molecular complexity index is 1870. The van der Waals surface area contributed by atoms with Crippen LogP contribution in [-0.2, 0) is 9.59 Å². The molecule has 4 aromatic rings. The van der Waals surface area contributed by atoms with Gasteiger partial charge in [0.1, 0.15) is 29.8 Å². The molecule has 2 aromatic heterocycles. The Morgan fingerprint density at radius 2 is 1.82 bits per heavy atom. The second-order valence-corrected chi connectivity index (χ2v) is 13.5. The lowest BCUT2D eigenvalue weighted by Gasteiger charge is -2.39. The molecule has 13 heteroatoms. The average Bonchev–Trinajstić information content (AvgIpc) is 3.80. The van der Waals surface area contributed by atoms with E-state index < -0.39 is 0 Å². The molecule has 49 heavy (non-hydrogen) atoms. The second kappa shape index (κ2) is 13.0. The highest BCUT2D eigenvalue weighted by Gasteiger charge is 2.37. The van der Waals surface area contributed by atoms with Crippen molar-refractivity contribution in [3.05, 3.63) is 66.5 Å². The number of fused-ring (bicyclic) bond motifs is 1. The van der Waals surface area contributed by atoms with E-state index in [1.807, 2.05) is 24.5 Å². The molecule has 2 amide bonds. The van der Waals surface area contributed by atoms with Crippen LogP contribution in [0.1, 0.15) is 43.6 Å². The van der Waals surface area contributed by atoms with Gasteiger partial charge >= 0.3 is 0 Å². The SMILES string of the molecule is Nc1nnc(-c2ccccc2O)cc1-n1cc(N2CCC(CN3CC[C@@H](c4cccc5c4OCCN5C4CCC(=O)NC4=O)C3)CC2)cn1. The van der Waals surface area contributed by atoms with Crippen LogP contribution in [0.15, 0.2) is 60.9 Å². The van der Waals surface area contributed by atoms with Crippen LogP contribution in [0.4, 0.5) is 17.2 Å². The second-order valence-electron chi connectivity index (χ2n) is 13.5. The first-order valence-corrected chi connectivity index (χ1v) is 17.2. The maximum Gasteiger partial charge on any atom is 0.249 e. The summed E-state index contributed by atoms with van der Waals surface area (Å²) in [4.78, 5) is 31.5. The van der Waals surface area contributed by atoms with Gasteiger partial charge in [0.25, 0.3) is 0 Å². The van der Waals surface area contributed by atoms with Crippen molar-refractivity contribution in [3.8, 4) is 28.4 Å². The lowest BCUT2D eigenvalue weighted by atomic mass is 9.94. The topological polar surface area (TPSA) is 155 Å². The number of aromatic hydroxyl groups is 1. The number of amides is 2. The Morgan fingerprint density at radius 1 is 0.959 bits per heavy atom. The summed E-state index contributed by atoms with van der Waals surface area (Å²) in [5.41, 5.74) is 11.2. The molecule has 0 saturated carbocycles. The van der Waals surface area contributed by atoms with Gasteiger partial charge in [-0.05, 0) is 62.4 Å². The molecule has 1 unspecified atom stereocenters. The van der Waals surface area contributed by atoms with Gasteiger partial charge in [-0.15, -0.1) is 10.2 Å². The summed E-state index contributed by atoms with van der Waals surface area (Å²) in [5, 5.41) is 25.7. The summed E-state index contributed by atoms with van der Waals surface area (Å²) >= 11 is 0. The van der Waals surface area contributed by atoms with E-state index >= 15 is 0 Å². The third kappa shape index (κ3) is 6.14. The Labute approximate surface area is 284 Å².